The van der Waals surface area contributed by atoms with E-state index in [1.807, 2.05) is 41.3 Å². The summed E-state index contributed by atoms with van der Waals surface area (Å²) in [6.07, 6.45) is 4.76. The van der Waals surface area contributed by atoms with Gasteiger partial charge < -0.3 is 34.3 Å². The van der Waals surface area contributed by atoms with Crippen molar-refractivity contribution in [3.05, 3.63) is 111 Å². The molecular weight excluding hydrogens is 910 g/mol. The molecular formula is C49H56ClN9O8S. The van der Waals surface area contributed by atoms with E-state index in [4.69, 9.17) is 30.8 Å². The van der Waals surface area contributed by atoms with Crippen LogP contribution in [0.5, 0.6) is 5.88 Å². The molecule has 1 amide bonds. The molecule has 358 valence electrons. The first kappa shape index (κ1) is 46.0. The van der Waals surface area contributed by atoms with Gasteiger partial charge in [0.2, 0.25) is 5.88 Å². The maximum atomic E-state index is 14.4. The molecule has 3 N–H and O–H groups in total. The largest absolute Gasteiger partial charge is 0.474 e. The van der Waals surface area contributed by atoms with Crippen LogP contribution in [0.2, 0.25) is 5.02 Å². The number of nitro benzene ring substituents is 1. The molecule has 0 bridgehead atoms. The molecule has 68 heavy (non-hydrogen) atoms. The van der Waals surface area contributed by atoms with Gasteiger partial charge >= 0.3 is 0 Å². The van der Waals surface area contributed by atoms with Crippen molar-refractivity contribution >= 4 is 72.6 Å². The van der Waals surface area contributed by atoms with E-state index in [-0.39, 0.29) is 35.9 Å². The zero-order valence-corrected chi connectivity index (χ0v) is 39.8. The quantitative estimate of drug-likeness (QED) is 0.0803. The Morgan fingerprint density at radius 3 is 2.54 bits per heavy atom. The van der Waals surface area contributed by atoms with E-state index in [2.05, 4.69) is 55.7 Å². The average molecular weight is 967 g/mol. The second-order valence-corrected chi connectivity index (χ2v) is 21.2. The van der Waals surface area contributed by atoms with E-state index < -0.39 is 31.4 Å². The molecule has 10 rings (SSSR count). The molecule has 17 nitrogen and oxygen atoms in total. The second-order valence-electron chi connectivity index (χ2n) is 19.1. The van der Waals surface area contributed by atoms with Gasteiger partial charge in [0, 0.05) is 80.7 Å². The summed E-state index contributed by atoms with van der Waals surface area (Å²) in [5.74, 6) is -0.509. The highest BCUT2D eigenvalue weighted by Crippen LogP contribution is 2.44. The van der Waals surface area contributed by atoms with Crippen LogP contribution in [0.4, 0.5) is 28.4 Å². The Morgan fingerprint density at radius 1 is 0.971 bits per heavy atom. The van der Waals surface area contributed by atoms with Crippen LogP contribution in [0.25, 0.3) is 16.6 Å². The number of sulfonamides is 1. The van der Waals surface area contributed by atoms with Gasteiger partial charge in [-0.2, -0.15) is 4.98 Å². The van der Waals surface area contributed by atoms with Crippen molar-refractivity contribution in [3.63, 3.8) is 0 Å². The number of ether oxygens (including phenoxy) is 3. The lowest BCUT2D eigenvalue weighted by Crippen LogP contribution is -2.56. The number of carbonyl (C=O) groups is 1. The number of aromatic amines is 1. The van der Waals surface area contributed by atoms with E-state index in [0.29, 0.717) is 61.9 Å². The van der Waals surface area contributed by atoms with E-state index >= 15 is 0 Å². The van der Waals surface area contributed by atoms with Crippen LogP contribution in [0, 0.1) is 15.5 Å². The molecule has 5 aliphatic rings. The first-order valence-electron chi connectivity index (χ1n) is 23.3. The standard InChI is InChI=1S/C49H56ClN9O8S/c1-49(2)13-11-34(41(26-49)32-3-5-35(50)6-4-32)28-55-15-17-56(18-16-55)36-7-9-40(43(24-36)58-20-22-67-48-45(58)23-33-12-14-51-46(33)53-48)47(60)54-68(63,64)39-8-10-42(44(25-39)59(61)62)52-27-38-29-57(19-21-66-38)37-30-65-31-37/h3-10,12,14,23-25,37-38,52H,11,13,15-22,26-31H2,1-2H3,(H,51,53)(H,54,60)/t38-/m0/s1. The average Bonchev–Trinajstić information content (AvgIpc) is 3.77. The molecule has 3 saturated heterocycles. The Balaban J connectivity index is 0.889. The third-order valence-electron chi connectivity index (χ3n) is 13.9. The maximum absolute atomic E-state index is 14.4. The third kappa shape index (κ3) is 9.75. The number of pyridine rings is 1. The first-order valence-corrected chi connectivity index (χ1v) is 25.1. The Morgan fingerprint density at radius 2 is 1.78 bits per heavy atom. The number of aromatic nitrogens is 2. The summed E-state index contributed by atoms with van der Waals surface area (Å²) >= 11 is 6.27. The fourth-order valence-corrected chi connectivity index (χ4v) is 11.1. The highest BCUT2D eigenvalue weighted by Gasteiger charge is 2.34. The van der Waals surface area contributed by atoms with E-state index in [9.17, 15) is 23.3 Å². The number of rotatable bonds is 13. The van der Waals surface area contributed by atoms with E-state index in [1.165, 1.54) is 28.8 Å². The highest BCUT2D eigenvalue weighted by molar-refractivity contribution is 7.90. The summed E-state index contributed by atoms with van der Waals surface area (Å²) in [7, 11) is -4.60. The van der Waals surface area contributed by atoms with Gasteiger partial charge in [-0.25, -0.2) is 13.1 Å². The second kappa shape index (κ2) is 19.0. The van der Waals surface area contributed by atoms with Crippen molar-refractivity contribution in [1.82, 2.24) is 24.5 Å². The number of nitrogens with zero attached hydrogens (tertiary/aromatic N) is 6. The third-order valence-corrected chi connectivity index (χ3v) is 15.5. The molecule has 1 atom stereocenters. The molecule has 3 aromatic carbocycles. The fraction of sp³-hybridized carbons (Fsp3) is 0.429. The minimum atomic E-state index is -4.60. The Kier molecular flexibility index (Phi) is 12.8. The molecule has 0 radical (unpaired) electrons. The number of morpholine rings is 1. The SMILES string of the molecule is CC1(C)CCC(CN2CCN(c3ccc(C(=O)NS(=O)(=O)c4ccc(NC[C@H]5CN(C6COC6)CCO5)c([N+](=O)[O-])c4)c(N4CCOc5nc6[nH]ccc6cc54)c3)CC2)=C(c2ccc(Cl)cc2)C1. The summed E-state index contributed by atoms with van der Waals surface area (Å²) in [5, 5.41) is 17.0. The number of allylic oxidation sites excluding steroid dienone is 1. The fourth-order valence-electron chi connectivity index (χ4n) is 9.96. The van der Waals surface area contributed by atoms with Crippen LogP contribution in [-0.2, 0) is 19.5 Å². The van der Waals surface area contributed by atoms with Crippen molar-refractivity contribution in [2.45, 2.75) is 50.2 Å². The van der Waals surface area contributed by atoms with Crippen LogP contribution in [0.3, 0.4) is 0 Å². The van der Waals surface area contributed by atoms with Crippen LogP contribution >= 0.6 is 11.6 Å². The van der Waals surface area contributed by atoms with Gasteiger partial charge in [-0.3, -0.25) is 24.7 Å². The van der Waals surface area contributed by atoms with Gasteiger partial charge in [-0.15, -0.1) is 0 Å². The Hall–Kier alpha value is -5.76. The smallest absolute Gasteiger partial charge is 0.293 e. The lowest BCUT2D eigenvalue weighted by atomic mass is 9.72. The first-order chi connectivity index (χ1) is 32.8. The number of nitrogens with one attached hydrogen (secondary N) is 3. The minimum Gasteiger partial charge on any atom is -0.474 e. The summed E-state index contributed by atoms with van der Waals surface area (Å²) in [4.78, 5) is 42.5. The van der Waals surface area contributed by atoms with Gasteiger partial charge in [-0.05, 0) is 90.4 Å². The van der Waals surface area contributed by atoms with Crippen molar-refractivity contribution in [3.8, 4) is 5.88 Å². The highest BCUT2D eigenvalue weighted by atomic mass is 35.5. The number of hydrogen-bond donors (Lipinski definition) is 3. The number of benzene rings is 3. The van der Waals surface area contributed by atoms with Gasteiger partial charge in [0.1, 0.15) is 23.6 Å². The number of piperazine rings is 1. The van der Waals surface area contributed by atoms with Crippen molar-refractivity contribution < 1.29 is 32.3 Å². The monoisotopic (exact) mass is 965 g/mol. The van der Waals surface area contributed by atoms with Crippen molar-refractivity contribution in [1.29, 1.82) is 0 Å². The summed E-state index contributed by atoms with van der Waals surface area (Å²) in [5.41, 5.74) is 6.77. The van der Waals surface area contributed by atoms with Gasteiger partial charge in [0.05, 0.1) is 59.6 Å². The predicted octanol–water partition coefficient (Wildman–Crippen LogP) is 7.07. The number of halogens is 1. The van der Waals surface area contributed by atoms with E-state index in [0.717, 1.165) is 80.7 Å². The minimum absolute atomic E-state index is 0.0997. The molecule has 0 unspecified atom stereocenters. The normalized spacial score (nSPS) is 20.4. The number of nitro groups is 1. The number of amides is 1. The Labute approximate surface area is 400 Å². The molecule has 3 fully saturated rings. The van der Waals surface area contributed by atoms with Gasteiger partial charge in [0.15, 0.2) is 0 Å². The van der Waals surface area contributed by atoms with Crippen LogP contribution in [-0.4, -0.2) is 136 Å². The van der Waals surface area contributed by atoms with Crippen molar-refractivity contribution in [2.75, 3.05) is 100 Å². The molecule has 4 aliphatic heterocycles. The summed E-state index contributed by atoms with van der Waals surface area (Å²) < 4.78 is 47.5. The maximum Gasteiger partial charge on any atom is 0.293 e. The van der Waals surface area contributed by atoms with Crippen LogP contribution in [0.15, 0.2) is 89.5 Å². The number of carbonyl (C=O) groups excluding carboxylic acids is 1. The number of anilines is 4. The number of fused-ring (bicyclic) bond motifs is 2. The lowest BCUT2D eigenvalue weighted by Gasteiger charge is -2.42. The molecule has 1 aliphatic carbocycles. The Bertz CT molecular complexity index is 2860. The zero-order valence-electron chi connectivity index (χ0n) is 38.2. The summed E-state index contributed by atoms with van der Waals surface area (Å²) in [6.45, 7) is 12.9. The lowest BCUT2D eigenvalue weighted by molar-refractivity contribution is -0.384. The van der Waals surface area contributed by atoms with Crippen molar-refractivity contribution in [2.24, 2.45) is 5.41 Å². The molecule has 6 heterocycles. The van der Waals surface area contributed by atoms with Gasteiger partial charge in [0.25, 0.3) is 21.6 Å². The van der Waals surface area contributed by atoms with Crippen LogP contribution < -0.4 is 24.6 Å². The summed E-state index contributed by atoms with van der Waals surface area (Å²) in [6, 6.07) is 21.4. The topological polar surface area (TPSA) is 188 Å². The molecule has 19 heteroatoms. The van der Waals surface area contributed by atoms with E-state index in [1.54, 1.807) is 12.3 Å². The molecule has 2 aromatic heterocycles. The molecule has 0 spiro atoms. The zero-order chi connectivity index (χ0) is 47.2. The van der Waals surface area contributed by atoms with Crippen LogP contribution in [0.1, 0.15) is 49.0 Å². The molecule has 0 saturated carbocycles. The number of H-pyrrole nitrogens is 1. The molecule has 5 aromatic rings. The predicted molar refractivity (Wildman–Crippen MR) is 262 cm³/mol. The van der Waals surface area contributed by atoms with Gasteiger partial charge in [-0.1, -0.05) is 43.2 Å². The number of hydrogen-bond acceptors (Lipinski definition) is 14.